The van der Waals surface area contributed by atoms with Crippen LogP contribution in [0.2, 0.25) is 0 Å². The Bertz CT molecular complexity index is 2150. The normalized spacial score (nSPS) is 24.4. The molecule has 5 aromatic heterocycles. The van der Waals surface area contributed by atoms with E-state index in [1.165, 1.54) is 16.9 Å². The lowest BCUT2D eigenvalue weighted by Crippen LogP contribution is -2.29. The van der Waals surface area contributed by atoms with Gasteiger partial charge < -0.3 is 14.5 Å². The molecule has 13 heteroatoms. The lowest BCUT2D eigenvalue weighted by molar-refractivity contribution is -0.0533. The van der Waals surface area contributed by atoms with Gasteiger partial charge in [-0.05, 0) is 81.9 Å². The molecule has 49 heavy (non-hydrogen) atoms. The number of aryl methyl sites for hydroxylation is 3. The summed E-state index contributed by atoms with van der Waals surface area (Å²) in [6, 6.07) is 6.13. The van der Waals surface area contributed by atoms with Gasteiger partial charge in [-0.25, -0.2) is 18.4 Å². The fourth-order valence-corrected chi connectivity index (χ4v) is 11.5. The molecule has 0 amide bonds. The van der Waals surface area contributed by atoms with E-state index < -0.39 is 9.84 Å². The van der Waals surface area contributed by atoms with Gasteiger partial charge in [-0.15, -0.1) is 21.5 Å². The van der Waals surface area contributed by atoms with Crippen LogP contribution in [0.1, 0.15) is 93.9 Å². The van der Waals surface area contributed by atoms with Crippen LogP contribution in [0.4, 0.5) is 5.82 Å². The van der Waals surface area contributed by atoms with Crippen molar-refractivity contribution in [1.82, 2.24) is 30.1 Å². The van der Waals surface area contributed by atoms with E-state index in [0.717, 1.165) is 64.4 Å². The fourth-order valence-electron chi connectivity index (χ4n) is 8.08. The summed E-state index contributed by atoms with van der Waals surface area (Å²) in [4.78, 5) is 20.1. The summed E-state index contributed by atoms with van der Waals surface area (Å²) in [5, 5.41) is 12.3. The molecule has 2 aliphatic heterocycles. The third-order valence-electron chi connectivity index (χ3n) is 10.3. The summed E-state index contributed by atoms with van der Waals surface area (Å²) in [6.45, 7) is 10.2. The van der Waals surface area contributed by atoms with Crippen molar-refractivity contribution in [2.45, 2.75) is 102 Å². The monoisotopic (exact) mass is 699 g/mol. The van der Waals surface area contributed by atoms with Crippen LogP contribution in [0.25, 0.3) is 32.1 Å². The number of aromatic nitrogens is 6. The van der Waals surface area contributed by atoms with Gasteiger partial charge in [-0.1, -0.05) is 19.9 Å². The molecule has 0 spiro atoms. The Kier molecular flexibility index (Phi) is 8.27. The minimum atomic E-state index is -3.69. The first kappa shape index (κ1) is 32.4. The van der Waals surface area contributed by atoms with Crippen LogP contribution in [0, 0.1) is 18.8 Å². The van der Waals surface area contributed by atoms with E-state index in [2.05, 4.69) is 64.2 Å². The van der Waals surface area contributed by atoms with Crippen LogP contribution >= 0.6 is 11.3 Å². The molecule has 0 radical (unpaired) electrons. The van der Waals surface area contributed by atoms with E-state index in [1.807, 2.05) is 18.3 Å². The van der Waals surface area contributed by atoms with Gasteiger partial charge >= 0.3 is 0 Å². The van der Waals surface area contributed by atoms with Crippen LogP contribution in [-0.4, -0.2) is 56.5 Å². The molecule has 5 aromatic rings. The van der Waals surface area contributed by atoms with E-state index in [9.17, 15) is 8.42 Å². The molecule has 1 saturated heterocycles. The number of hydrogen-bond donors (Lipinski definition) is 1. The molecular formula is C36H41N7O4S2. The summed E-state index contributed by atoms with van der Waals surface area (Å²) < 4.78 is 41.4. The van der Waals surface area contributed by atoms with Crippen molar-refractivity contribution in [1.29, 1.82) is 0 Å². The zero-order valence-electron chi connectivity index (χ0n) is 28.4. The highest BCUT2D eigenvalue weighted by Gasteiger charge is 2.43. The van der Waals surface area contributed by atoms with Gasteiger partial charge in [0.25, 0.3) is 0 Å². The van der Waals surface area contributed by atoms with Gasteiger partial charge in [-0.2, -0.15) is 0 Å². The van der Waals surface area contributed by atoms with Crippen molar-refractivity contribution in [3.05, 3.63) is 59.3 Å². The molecule has 8 rings (SSSR count). The Balaban J connectivity index is 1.30. The van der Waals surface area contributed by atoms with Crippen LogP contribution in [0.5, 0.6) is 0 Å². The highest BCUT2D eigenvalue weighted by atomic mass is 32.2. The van der Waals surface area contributed by atoms with E-state index in [-0.39, 0.29) is 46.6 Å². The molecule has 1 fully saturated rings. The van der Waals surface area contributed by atoms with E-state index >= 15 is 0 Å². The Labute approximate surface area is 290 Å². The van der Waals surface area contributed by atoms with Crippen LogP contribution in [0.15, 0.2) is 40.0 Å². The quantitative estimate of drug-likeness (QED) is 0.174. The number of nitrogens with zero attached hydrogens (tertiary/aromatic N) is 6. The Morgan fingerprint density at radius 1 is 1.08 bits per heavy atom. The zero-order chi connectivity index (χ0) is 34.0. The highest BCUT2D eigenvalue weighted by Crippen LogP contribution is 2.51. The van der Waals surface area contributed by atoms with E-state index in [1.54, 1.807) is 13.3 Å². The second-order valence-electron chi connectivity index (χ2n) is 14.2. The number of nitrogens with one attached hydrogen (secondary N) is 1. The molecule has 3 unspecified atom stereocenters. The third kappa shape index (κ3) is 5.93. The number of anilines is 1. The number of pyridine rings is 2. The van der Waals surface area contributed by atoms with E-state index in [0.29, 0.717) is 35.1 Å². The van der Waals surface area contributed by atoms with Crippen molar-refractivity contribution in [3.63, 3.8) is 0 Å². The molecule has 1 N–H and O–H groups in total. The van der Waals surface area contributed by atoms with Gasteiger partial charge in [0.05, 0.1) is 56.1 Å². The fraction of sp³-hybridized carbons (Fsp3) is 0.500. The second kappa shape index (κ2) is 12.5. The smallest absolute Gasteiger partial charge is 0.250 e. The summed E-state index contributed by atoms with van der Waals surface area (Å²) in [5.74, 6) is 1.76. The Morgan fingerprint density at radius 2 is 1.90 bits per heavy atom. The maximum absolute atomic E-state index is 14.2. The van der Waals surface area contributed by atoms with Gasteiger partial charge in [0.1, 0.15) is 12.1 Å². The summed E-state index contributed by atoms with van der Waals surface area (Å²) in [6.07, 6.45) is 9.11. The van der Waals surface area contributed by atoms with Gasteiger partial charge in [0.2, 0.25) is 11.8 Å². The molecule has 4 atom stereocenters. The minimum absolute atomic E-state index is 0.0212. The maximum Gasteiger partial charge on any atom is 0.250 e. The summed E-state index contributed by atoms with van der Waals surface area (Å²) >= 11 is 1.49. The molecule has 0 saturated carbocycles. The van der Waals surface area contributed by atoms with Gasteiger partial charge in [-0.3, -0.25) is 9.97 Å². The first-order valence-electron chi connectivity index (χ1n) is 17.3. The molecule has 1 aliphatic carbocycles. The zero-order valence-corrected chi connectivity index (χ0v) is 30.1. The van der Waals surface area contributed by atoms with Crippen molar-refractivity contribution in [3.8, 4) is 21.9 Å². The first-order valence-corrected chi connectivity index (χ1v) is 19.7. The first-order chi connectivity index (χ1) is 23.6. The predicted octanol–water partition coefficient (Wildman–Crippen LogP) is 7.27. The van der Waals surface area contributed by atoms with Crippen molar-refractivity contribution in [2.24, 2.45) is 11.8 Å². The number of ether oxygens (including phenoxy) is 1. The average Bonchev–Trinajstić information content (AvgIpc) is 3.84. The topological polar surface area (TPSA) is 146 Å². The Hall–Kier alpha value is -3.81. The molecule has 7 heterocycles. The Morgan fingerprint density at radius 3 is 2.65 bits per heavy atom. The minimum Gasteiger partial charge on any atom is -0.421 e. The van der Waals surface area contributed by atoms with Gasteiger partial charge in [0.15, 0.2) is 9.84 Å². The number of sulfone groups is 1. The largest absolute Gasteiger partial charge is 0.421 e. The molecular weight excluding hydrogens is 659 g/mol. The predicted molar refractivity (Wildman–Crippen MR) is 188 cm³/mol. The SMILES string of the molecule is Cc1nnc(-c2c(CCC3CC(C)OC(C)C3)nc3c(c2-c2cc4ncnc(NC5CCc6ncccc65)c4s2)S(=O)(=O)C[C@@H]3C(C)C)o1. The number of fused-ring (bicyclic) bond motifs is 3. The highest BCUT2D eigenvalue weighted by molar-refractivity contribution is 7.92. The number of hydrogen-bond acceptors (Lipinski definition) is 12. The summed E-state index contributed by atoms with van der Waals surface area (Å²) in [5.41, 5.74) is 5.65. The summed E-state index contributed by atoms with van der Waals surface area (Å²) in [7, 11) is -3.69. The van der Waals surface area contributed by atoms with E-state index in [4.69, 9.17) is 14.1 Å². The van der Waals surface area contributed by atoms with Crippen LogP contribution < -0.4 is 5.32 Å². The molecule has 3 aliphatic rings. The van der Waals surface area contributed by atoms with Crippen molar-refractivity contribution >= 4 is 37.2 Å². The number of rotatable bonds is 8. The molecule has 0 bridgehead atoms. The second-order valence-corrected chi connectivity index (χ2v) is 17.3. The molecule has 256 valence electrons. The molecule has 11 nitrogen and oxygen atoms in total. The molecule has 0 aromatic carbocycles. The van der Waals surface area contributed by atoms with Crippen LogP contribution in [0.3, 0.4) is 0 Å². The lowest BCUT2D eigenvalue weighted by Gasteiger charge is -2.32. The average molecular weight is 700 g/mol. The standard InChI is InChI=1S/C36H41N7O4S2/c1-18(2)24-16-49(44,45)34-31(29-15-28-33(48-29)35(39-17-38-28)41-26-11-10-25-23(26)7-6-12-37-25)30(36-43-42-21(5)47-36)27(40-32(24)34)9-8-22-13-19(3)46-20(4)14-22/h6-7,12,15,17-20,22,24,26H,8-11,13-14,16H2,1-5H3,(H,38,39,41)/t19?,20?,22?,24-,26?/m1/s1. The van der Waals surface area contributed by atoms with Crippen molar-refractivity contribution < 1.29 is 17.6 Å². The lowest BCUT2D eigenvalue weighted by atomic mass is 9.86. The number of thiophene rings is 1. The maximum atomic E-state index is 14.2. The van der Waals surface area contributed by atoms with Gasteiger partial charge in [0, 0.05) is 35.2 Å². The van der Waals surface area contributed by atoms with Crippen LogP contribution in [-0.2, 0) is 27.4 Å². The van der Waals surface area contributed by atoms with Crippen molar-refractivity contribution in [2.75, 3.05) is 11.1 Å². The third-order valence-corrected chi connectivity index (χ3v) is 13.3.